The molecule has 0 aliphatic heterocycles. The molecule has 2 aromatic carbocycles. The Bertz CT molecular complexity index is 1300. The fourth-order valence-electron chi connectivity index (χ4n) is 3.89. The van der Waals surface area contributed by atoms with Gasteiger partial charge in [-0.3, -0.25) is 4.79 Å². The van der Waals surface area contributed by atoms with E-state index in [1.54, 1.807) is 48.7 Å². The number of carbonyl (C=O) groups is 1. The summed E-state index contributed by atoms with van der Waals surface area (Å²) in [5.41, 5.74) is 2.37. The van der Waals surface area contributed by atoms with Gasteiger partial charge in [0.05, 0.1) is 35.6 Å². The molecular formula is C25H26F2N2O5S2. The van der Waals surface area contributed by atoms with Gasteiger partial charge in [0, 0.05) is 35.3 Å². The van der Waals surface area contributed by atoms with Crippen LogP contribution in [0.3, 0.4) is 0 Å². The summed E-state index contributed by atoms with van der Waals surface area (Å²) < 4.78 is 55.4. The number of thiazole rings is 1. The number of nitrogens with zero attached hydrogens (tertiary/aromatic N) is 1. The zero-order valence-corrected chi connectivity index (χ0v) is 21.1. The monoisotopic (exact) mass is 536 g/mol. The number of amides is 1. The van der Waals surface area contributed by atoms with Gasteiger partial charge in [-0.25, -0.2) is 22.2 Å². The molecule has 192 valence electrons. The number of aliphatic hydroxyl groups excluding tert-OH is 1. The highest BCUT2D eigenvalue weighted by molar-refractivity contribution is 7.91. The molecule has 1 aliphatic rings. The van der Waals surface area contributed by atoms with Crippen molar-refractivity contribution in [2.24, 2.45) is 5.92 Å². The van der Waals surface area contributed by atoms with Crippen molar-refractivity contribution in [1.29, 1.82) is 0 Å². The van der Waals surface area contributed by atoms with Crippen LogP contribution < -0.4 is 10.1 Å². The highest BCUT2D eigenvalue weighted by Crippen LogP contribution is 2.42. The maximum Gasteiger partial charge on any atom is 0.273 e. The number of hydrogen-bond acceptors (Lipinski definition) is 7. The summed E-state index contributed by atoms with van der Waals surface area (Å²) in [6.07, 6.45) is -0.310. The topological polar surface area (TPSA) is 106 Å². The Morgan fingerprint density at radius 1 is 1.19 bits per heavy atom. The third-order valence-corrected chi connectivity index (χ3v) is 8.55. The van der Waals surface area contributed by atoms with Gasteiger partial charge in [0.2, 0.25) is 5.92 Å². The van der Waals surface area contributed by atoms with Gasteiger partial charge in [0.25, 0.3) is 11.1 Å². The van der Waals surface area contributed by atoms with Crippen molar-refractivity contribution in [2.75, 3.05) is 19.0 Å². The zero-order valence-electron chi connectivity index (χ0n) is 19.5. The van der Waals surface area contributed by atoms with E-state index >= 15 is 0 Å². The van der Waals surface area contributed by atoms with Crippen LogP contribution in [0.25, 0.3) is 11.3 Å². The Labute approximate surface area is 212 Å². The van der Waals surface area contributed by atoms with E-state index in [0.717, 1.165) is 5.56 Å². The van der Waals surface area contributed by atoms with E-state index in [4.69, 9.17) is 4.74 Å². The van der Waals surface area contributed by atoms with E-state index in [2.05, 4.69) is 10.3 Å². The number of sulfone groups is 1. The van der Waals surface area contributed by atoms with Crippen LogP contribution in [-0.2, 0) is 9.84 Å². The van der Waals surface area contributed by atoms with Crippen molar-refractivity contribution < 1.29 is 31.8 Å². The molecule has 0 spiro atoms. The Morgan fingerprint density at radius 3 is 2.44 bits per heavy atom. The van der Waals surface area contributed by atoms with Gasteiger partial charge in [0.1, 0.15) is 0 Å². The van der Waals surface area contributed by atoms with Crippen LogP contribution in [0.1, 0.15) is 41.7 Å². The molecule has 36 heavy (non-hydrogen) atoms. The maximum atomic E-state index is 12.9. The van der Waals surface area contributed by atoms with Crippen LogP contribution >= 0.6 is 11.3 Å². The first-order valence-electron chi connectivity index (χ1n) is 11.4. The van der Waals surface area contributed by atoms with E-state index in [1.807, 2.05) is 0 Å². The lowest BCUT2D eigenvalue weighted by atomic mass is 9.82. The van der Waals surface area contributed by atoms with E-state index in [9.17, 15) is 27.1 Å². The summed E-state index contributed by atoms with van der Waals surface area (Å²) in [5, 5.41) is 14.7. The van der Waals surface area contributed by atoms with Crippen molar-refractivity contribution >= 4 is 27.1 Å². The number of benzene rings is 2. The Balaban J connectivity index is 1.35. The van der Waals surface area contributed by atoms with Crippen LogP contribution in [0, 0.1) is 5.92 Å². The average Bonchev–Trinajstić information content (AvgIpc) is 3.34. The standard InChI is InChI=1S/C25H26F2N2O5S2/c1-2-36(32,33)20-9-7-17(8-10-20)21(13-30)28-23(31)19-5-3-18(4-6-19)22-15-35-24(29-22)34-14-16-11-25(26,27)12-16/h3-10,15-16,21,30H,2,11-14H2,1H3,(H,28,31)/t21-/m0/s1. The van der Waals surface area contributed by atoms with E-state index in [-0.39, 0.29) is 42.6 Å². The smallest absolute Gasteiger partial charge is 0.273 e. The summed E-state index contributed by atoms with van der Waals surface area (Å²) in [4.78, 5) is 17.3. The van der Waals surface area contributed by atoms with E-state index in [1.165, 1.54) is 23.5 Å². The number of hydrogen-bond donors (Lipinski definition) is 2. The lowest BCUT2D eigenvalue weighted by molar-refractivity contribution is -0.119. The molecule has 1 fully saturated rings. The van der Waals surface area contributed by atoms with Gasteiger partial charge in [-0.1, -0.05) is 42.5 Å². The number of rotatable bonds is 10. The third kappa shape index (κ3) is 6.08. The molecule has 1 amide bonds. The minimum Gasteiger partial charge on any atom is -0.470 e. The molecule has 1 saturated carbocycles. The molecule has 3 aromatic rings. The Kier molecular flexibility index (Phi) is 7.72. The van der Waals surface area contributed by atoms with Crippen LogP contribution in [0.2, 0.25) is 0 Å². The van der Waals surface area contributed by atoms with Gasteiger partial charge in [0.15, 0.2) is 9.84 Å². The molecule has 1 aromatic heterocycles. The number of nitrogens with one attached hydrogen (secondary N) is 1. The first-order chi connectivity index (χ1) is 17.1. The summed E-state index contributed by atoms with van der Waals surface area (Å²) in [7, 11) is -3.34. The lowest BCUT2D eigenvalue weighted by Gasteiger charge is -2.34. The highest BCUT2D eigenvalue weighted by atomic mass is 32.2. The molecule has 1 heterocycles. The molecule has 0 bridgehead atoms. The minimum absolute atomic E-state index is 0.0142. The molecule has 4 rings (SSSR count). The first-order valence-corrected chi connectivity index (χ1v) is 13.9. The second kappa shape index (κ2) is 10.6. The largest absolute Gasteiger partial charge is 0.470 e. The molecular weight excluding hydrogens is 510 g/mol. The minimum atomic E-state index is -3.34. The highest BCUT2D eigenvalue weighted by Gasteiger charge is 2.45. The maximum absolute atomic E-state index is 12.9. The lowest BCUT2D eigenvalue weighted by Crippen LogP contribution is -2.38. The second-order valence-electron chi connectivity index (χ2n) is 8.70. The summed E-state index contributed by atoms with van der Waals surface area (Å²) >= 11 is 1.28. The van der Waals surface area contributed by atoms with Crippen LogP contribution in [0.4, 0.5) is 8.78 Å². The fourth-order valence-corrected chi connectivity index (χ4v) is 5.46. The molecule has 1 atom stereocenters. The van der Waals surface area contributed by atoms with Gasteiger partial charge in [-0.2, -0.15) is 0 Å². The Morgan fingerprint density at radius 2 is 1.86 bits per heavy atom. The van der Waals surface area contributed by atoms with Gasteiger partial charge in [-0.05, 0) is 29.8 Å². The number of alkyl halides is 2. The van der Waals surface area contributed by atoms with E-state index in [0.29, 0.717) is 22.0 Å². The zero-order chi connectivity index (χ0) is 25.9. The van der Waals surface area contributed by atoms with E-state index < -0.39 is 27.7 Å². The van der Waals surface area contributed by atoms with Crippen LogP contribution in [-0.4, -0.2) is 49.3 Å². The van der Waals surface area contributed by atoms with Gasteiger partial charge in [-0.15, -0.1) is 0 Å². The molecule has 0 radical (unpaired) electrons. The third-order valence-electron chi connectivity index (χ3n) is 6.05. The first kappa shape index (κ1) is 26.2. The molecule has 0 unspecified atom stereocenters. The van der Waals surface area contributed by atoms with Crippen molar-refractivity contribution in [3.8, 4) is 16.5 Å². The van der Waals surface area contributed by atoms with Gasteiger partial charge < -0.3 is 15.2 Å². The second-order valence-corrected chi connectivity index (χ2v) is 11.8. The van der Waals surface area contributed by atoms with Crippen molar-refractivity contribution in [2.45, 2.75) is 36.6 Å². The quantitative estimate of drug-likeness (QED) is 0.396. The SMILES string of the molecule is CCS(=O)(=O)c1ccc([C@H](CO)NC(=O)c2ccc(-c3csc(OCC4CC(F)(F)C4)n3)cc2)cc1. The summed E-state index contributed by atoms with van der Waals surface area (Å²) in [6.45, 7) is 1.42. The predicted molar refractivity (Wildman–Crippen MR) is 132 cm³/mol. The van der Waals surface area contributed by atoms with Crippen molar-refractivity contribution in [1.82, 2.24) is 10.3 Å². The van der Waals surface area contributed by atoms with Gasteiger partial charge >= 0.3 is 0 Å². The number of aromatic nitrogens is 1. The fraction of sp³-hybridized carbons (Fsp3) is 0.360. The van der Waals surface area contributed by atoms with Crippen LogP contribution in [0.15, 0.2) is 58.8 Å². The molecule has 7 nitrogen and oxygen atoms in total. The molecule has 1 aliphatic carbocycles. The van der Waals surface area contributed by atoms with Crippen molar-refractivity contribution in [3.63, 3.8) is 0 Å². The average molecular weight is 537 g/mol. The summed E-state index contributed by atoms with van der Waals surface area (Å²) in [6, 6.07) is 12.1. The predicted octanol–water partition coefficient (Wildman–Crippen LogP) is 4.49. The Hall–Kier alpha value is -2.89. The molecule has 2 N–H and O–H groups in total. The molecule has 0 saturated heterocycles. The summed E-state index contributed by atoms with van der Waals surface area (Å²) in [5.74, 6) is -3.14. The number of aliphatic hydroxyl groups is 1. The number of halogens is 2. The normalized spacial score (nSPS) is 16.2. The number of ether oxygens (including phenoxy) is 1. The van der Waals surface area contributed by atoms with Crippen LogP contribution in [0.5, 0.6) is 5.19 Å². The van der Waals surface area contributed by atoms with Crippen molar-refractivity contribution in [3.05, 3.63) is 65.0 Å². The molecule has 11 heteroatoms. The number of carbonyl (C=O) groups excluding carboxylic acids is 1.